The monoisotopic (exact) mass is 247 g/mol. The van der Waals surface area contributed by atoms with Crippen molar-refractivity contribution in [2.24, 2.45) is 16.5 Å². The Kier molecular flexibility index (Phi) is 4.59. The molecule has 4 N–H and O–H groups in total. The minimum atomic E-state index is -0.373. The Labute approximate surface area is 102 Å². The Bertz CT molecular complexity index is 375. The number of para-hydroxylation sites is 1. The molecule has 0 aromatic heterocycles. The summed E-state index contributed by atoms with van der Waals surface area (Å²) < 4.78 is 0. The first kappa shape index (κ1) is 14.2. The summed E-state index contributed by atoms with van der Waals surface area (Å²) in [5.74, 6) is 0.615. The van der Waals surface area contributed by atoms with Crippen LogP contribution in [0.5, 0.6) is 0 Å². The van der Waals surface area contributed by atoms with E-state index in [0.717, 1.165) is 11.3 Å². The number of hydrogen-bond donors (Lipinski definition) is 2. The van der Waals surface area contributed by atoms with Gasteiger partial charge in [0, 0.05) is 12.0 Å². The van der Waals surface area contributed by atoms with Crippen LogP contribution < -0.4 is 11.5 Å². The molecular weight excluding hydrogens is 233 g/mol. The highest BCUT2D eigenvalue weighted by molar-refractivity contribution is 5.87. The lowest BCUT2D eigenvalue weighted by Crippen LogP contribution is -2.39. The average molecular weight is 248 g/mol. The highest BCUT2D eigenvalue weighted by atomic mass is 35.5. The lowest BCUT2D eigenvalue weighted by Gasteiger charge is -2.29. The number of amidine groups is 1. The van der Waals surface area contributed by atoms with Gasteiger partial charge in [0.25, 0.3) is 0 Å². The molecule has 0 saturated heterocycles. The predicted molar refractivity (Wildman–Crippen MR) is 68.4 cm³/mol. The van der Waals surface area contributed by atoms with E-state index in [2.05, 4.69) is 4.99 Å². The first-order chi connectivity index (χ1) is 6.09. The van der Waals surface area contributed by atoms with Crippen LogP contribution in [0.2, 0.25) is 0 Å². The normalized spacial score (nSPS) is 22.9. The van der Waals surface area contributed by atoms with E-state index in [1.54, 1.807) is 0 Å². The molecule has 1 atom stereocenters. The molecule has 1 aliphatic heterocycles. The number of benzene rings is 1. The minimum Gasteiger partial charge on any atom is -0.387 e. The number of fused-ring (bicyclic) bond motifs is 1. The third kappa shape index (κ3) is 2.62. The zero-order valence-electron chi connectivity index (χ0n) is 8.43. The Morgan fingerprint density at radius 3 is 2.53 bits per heavy atom. The molecule has 0 bridgehead atoms. The maximum Gasteiger partial charge on any atom is 0.102 e. The maximum atomic E-state index is 6.12. The van der Waals surface area contributed by atoms with E-state index in [-0.39, 0.29) is 30.4 Å². The standard InChI is InChI=1S/C10H13N3.2ClH/c1-10(12)6-9(11)13-8-5-3-2-4-7(8)10;;/h2-5H,6,12H2,1H3,(H2,11,13);2*1H. The maximum absolute atomic E-state index is 6.12. The van der Waals surface area contributed by atoms with Gasteiger partial charge < -0.3 is 11.5 Å². The fourth-order valence-electron chi connectivity index (χ4n) is 1.72. The van der Waals surface area contributed by atoms with Crippen LogP contribution in [0.3, 0.4) is 0 Å². The first-order valence-electron chi connectivity index (χ1n) is 4.31. The molecule has 0 radical (unpaired) electrons. The molecule has 0 spiro atoms. The van der Waals surface area contributed by atoms with E-state index in [9.17, 15) is 0 Å². The van der Waals surface area contributed by atoms with E-state index in [4.69, 9.17) is 11.5 Å². The van der Waals surface area contributed by atoms with Gasteiger partial charge in [-0.05, 0) is 18.6 Å². The van der Waals surface area contributed by atoms with Gasteiger partial charge >= 0.3 is 0 Å². The summed E-state index contributed by atoms with van der Waals surface area (Å²) in [6.07, 6.45) is 0.629. The van der Waals surface area contributed by atoms with Crippen LogP contribution in [0.15, 0.2) is 29.3 Å². The Balaban J connectivity index is 0.000000980. The average Bonchev–Trinajstić information content (AvgIpc) is 2.02. The molecule has 1 heterocycles. The fraction of sp³-hybridized carbons (Fsp3) is 0.300. The number of aliphatic imine (C=N–C) groups is 1. The molecule has 1 aromatic rings. The minimum absolute atomic E-state index is 0. The van der Waals surface area contributed by atoms with Gasteiger partial charge in [-0.2, -0.15) is 0 Å². The van der Waals surface area contributed by atoms with Crippen molar-refractivity contribution in [3.8, 4) is 0 Å². The lowest BCUT2D eigenvalue weighted by atomic mass is 9.86. The van der Waals surface area contributed by atoms with Crippen molar-refractivity contribution in [3.05, 3.63) is 29.8 Å². The van der Waals surface area contributed by atoms with E-state index in [1.807, 2.05) is 31.2 Å². The van der Waals surface area contributed by atoms with Crippen molar-refractivity contribution in [1.29, 1.82) is 0 Å². The molecule has 0 saturated carbocycles. The van der Waals surface area contributed by atoms with E-state index in [1.165, 1.54) is 0 Å². The second-order valence-corrected chi connectivity index (χ2v) is 3.71. The zero-order valence-corrected chi connectivity index (χ0v) is 10.1. The summed E-state index contributed by atoms with van der Waals surface area (Å²) in [6, 6.07) is 7.86. The zero-order chi connectivity index (χ0) is 9.47. The summed E-state index contributed by atoms with van der Waals surface area (Å²) in [4.78, 5) is 4.26. The van der Waals surface area contributed by atoms with Gasteiger partial charge in [-0.1, -0.05) is 18.2 Å². The van der Waals surface area contributed by atoms with Gasteiger partial charge in [0.05, 0.1) is 5.69 Å². The second kappa shape index (κ2) is 4.84. The SMILES string of the molecule is CC1(N)CC(N)=Nc2ccccc21.Cl.Cl. The van der Waals surface area contributed by atoms with Crippen molar-refractivity contribution in [2.45, 2.75) is 18.9 Å². The highest BCUT2D eigenvalue weighted by Crippen LogP contribution is 2.34. The molecule has 84 valence electrons. The molecular formula is C10H15Cl2N3. The van der Waals surface area contributed by atoms with Crippen LogP contribution in [0.4, 0.5) is 5.69 Å². The van der Waals surface area contributed by atoms with Crippen LogP contribution in [0, 0.1) is 0 Å². The van der Waals surface area contributed by atoms with Crippen molar-refractivity contribution in [2.75, 3.05) is 0 Å². The largest absolute Gasteiger partial charge is 0.387 e. The quantitative estimate of drug-likeness (QED) is 0.738. The van der Waals surface area contributed by atoms with Gasteiger partial charge in [-0.25, -0.2) is 4.99 Å². The third-order valence-electron chi connectivity index (χ3n) is 2.33. The molecule has 0 fully saturated rings. The number of rotatable bonds is 0. The van der Waals surface area contributed by atoms with Crippen LogP contribution in [-0.4, -0.2) is 5.84 Å². The van der Waals surface area contributed by atoms with Crippen LogP contribution in [0.25, 0.3) is 0 Å². The van der Waals surface area contributed by atoms with Crippen molar-refractivity contribution < 1.29 is 0 Å². The summed E-state index contributed by atoms with van der Waals surface area (Å²) in [7, 11) is 0. The number of nitrogens with two attached hydrogens (primary N) is 2. The smallest absolute Gasteiger partial charge is 0.102 e. The number of halogens is 2. The van der Waals surface area contributed by atoms with E-state index >= 15 is 0 Å². The number of hydrogen-bond acceptors (Lipinski definition) is 3. The van der Waals surface area contributed by atoms with Gasteiger partial charge in [0.15, 0.2) is 0 Å². The number of nitrogens with zero attached hydrogens (tertiary/aromatic N) is 1. The Hall–Kier alpha value is -0.770. The van der Waals surface area contributed by atoms with E-state index < -0.39 is 0 Å². The van der Waals surface area contributed by atoms with Gasteiger partial charge in [0.1, 0.15) is 5.84 Å². The van der Waals surface area contributed by atoms with Crippen LogP contribution in [-0.2, 0) is 5.54 Å². The van der Waals surface area contributed by atoms with Crippen molar-refractivity contribution >= 4 is 36.3 Å². The van der Waals surface area contributed by atoms with Gasteiger partial charge in [-0.15, -0.1) is 24.8 Å². The molecule has 0 amide bonds. The van der Waals surface area contributed by atoms with Gasteiger partial charge in [-0.3, -0.25) is 0 Å². The summed E-state index contributed by atoms with van der Waals surface area (Å²) in [6.45, 7) is 1.98. The first-order valence-corrected chi connectivity index (χ1v) is 4.31. The molecule has 1 unspecified atom stereocenters. The Morgan fingerprint density at radius 1 is 1.27 bits per heavy atom. The van der Waals surface area contributed by atoms with Gasteiger partial charge in [0.2, 0.25) is 0 Å². The topological polar surface area (TPSA) is 64.4 Å². The summed E-state index contributed by atoms with van der Waals surface area (Å²) in [5.41, 5.74) is 13.4. The molecule has 2 rings (SSSR count). The summed E-state index contributed by atoms with van der Waals surface area (Å²) in [5, 5.41) is 0. The molecule has 5 heteroatoms. The van der Waals surface area contributed by atoms with Crippen molar-refractivity contribution in [3.63, 3.8) is 0 Å². The molecule has 1 aliphatic rings. The molecule has 0 aliphatic carbocycles. The molecule has 1 aromatic carbocycles. The Morgan fingerprint density at radius 2 is 1.87 bits per heavy atom. The summed E-state index contributed by atoms with van der Waals surface area (Å²) >= 11 is 0. The van der Waals surface area contributed by atoms with Crippen LogP contribution in [0.1, 0.15) is 18.9 Å². The predicted octanol–water partition coefficient (Wildman–Crippen LogP) is 2.10. The van der Waals surface area contributed by atoms with E-state index in [0.29, 0.717) is 12.3 Å². The third-order valence-corrected chi connectivity index (χ3v) is 2.33. The molecule has 3 nitrogen and oxygen atoms in total. The van der Waals surface area contributed by atoms with Crippen LogP contribution >= 0.6 is 24.8 Å². The lowest BCUT2D eigenvalue weighted by molar-refractivity contribution is 0.509. The second-order valence-electron chi connectivity index (χ2n) is 3.71. The molecule has 15 heavy (non-hydrogen) atoms. The van der Waals surface area contributed by atoms with Crippen molar-refractivity contribution in [1.82, 2.24) is 0 Å². The highest BCUT2D eigenvalue weighted by Gasteiger charge is 2.28. The fourth-order valence-corrected chi connectivity index (χ4v) is 1.72.